The summed E-state index contributed by atoms with van der Waals surface area (Å²) in [7, 11) is 3.02. The molecule has 2 aromatic heterocycles. The van der Waals surface area contributed by atoms with Crippen LogP contribution in [-0.4, -0.2) is 41.2 Å². The maximum Gasteiger partial charge on any atom is 0.263 e. The summed E-state index contributed by atoms with van der Waals surface area (Å²) in [4.78, 5) is 23.8. The Kier molecular flexibility index (Phi) is 7.66. The highest BCUT2D eigenvalue weighted by atomic mass is 35.5. The van der Waals surface area contributed by atoms with E-state index in [9.17, 15) is 9.18 Å². The average molecular weight is 477 g/mol. The highest BCUT2D eigenvalue weighted by Gasteiger charge is 2.25. The number of ether oxygens (including phenoxy) is 2. The van der Waals surface area contributed by atoms with Gasteiger partial charge in [-0.15, -0.1) is 12.4 Å². The van der Waals surface area contributed by atoms with Gasteiger partial charge in [-0.1, -0.05) is 17.4 Å². The summed E-state index contributed by atoms with van der Waals surface area (Å²) in [6.07, 6.45) is 6.00. The Morgan fingerprint density at radius 3 is 2.78 bits per heavy atom. The fourth-order valence-electron chi connectivity index (χ4n) is 3.32. The third-order valence-corrected chi connectivity index (χ3v) is 5.85. The van der Waals surface area contributed by atoms with Crippen molar-refractivity contribution in [3.63, 3.8) is 0 Å². The van der Waals surface area contributed by atoms with Crippen molar-refractivity contribution in [2.75, 3.05) is 25.7 Å². The van der Waals surface area contributed by atoms with Gasteiger partial charge in [0.25, 0.3) is 5.91 Å². The molecule has 4 rings (SSSR count). The molecule has 32 heavy (non-hydrogen) atoms. The lowest BCUT2D eigenvalue weighted by Crippen LogP contribution is -2.32. The molecule has 0 bridgehead atoms. The second-order valence-electron chi connectivity index (χ2n) is 6.76. The number of amides is 1. The molecule has 0 atom stereocenters. The Balaban J connectivity index is 0.00000289. The van der Waals surface area contributed by atoms with Gasteiger partial charge in [-0.25, -0.2) is 14.4 Å². The van der Waals surface area contributed by atoms with E-state index in [1.165, 1.54) is 37.7 Å². The summed E-state index contributed by atoms with van der Waals surface area (Å²) in [6.45, 7) is 1.11. The lowest BCUT2D eigenvalue weighted by atomic mass is 10.1. The number of carbonyl (C=O) groups is 1. The molecule has 0 aliphatic carbocycles. The zero-order valence-electron chi connectivity index (χ0n) is 17.5. The van der Waals surface area contributed by atoms with Crippen LogP contribution in [0, 0.1) is 5.82 Å². The van der Waals surface area contributed by atoms with Crippen LogP contribution in [0.2, 0.25) is 0 Å². The number of halogens is 2. The second kappa shape index (κ2) is 10.4. The van der Waals surface area contributed by atoms with Gasteiger partial charge in [0.05, 0.1) is 36.3 Å². The lowest BCUT2D eigenvalue weighted by molar-refractivity contribution is 0.0982. The maximum absolute atomic E-state index is 13.7. The molecule has 0 N–H and O–H groups in total. The number of aromatic nitrogens is 3. The van der Waals surface area contributed by atoms with Crippen molar-refractivity contribution in [3.05, 3.63) is 66.5 Å². The molecule has 7 nitrogen and oxygen atoms in total. The number of nitrogens with zero attached hydrogens (tertiary/aromatic N) is 4. The van der Waals surface area contributed by atoms with E-state index in [0.717, 1.165) is 0 Å². The molecule has 4 aromatic rings. The van der Waals surface area contributed by atoms with E-state index in [1.54, 1.807) is 41.7 Å². The number of thiazole rings is 1. The quantitative estimate of drug-likeness (QED) is 0.365. The van der Waals surface area contributed by atoms with E-state index in [-0.39, 0.29) is 24.1 Å². The molecule has 10 heteroatoms. The monoisotopic (exact) mass is 476 g/mol. The molecule has 1 amide bonds. The van der Waals surface area contributed by atoms with Crippen molar-refractivity contribution in [3.8, 4) is 11.5 Å². The first-order valence-corrected chi connectivity index (χ1v) is 10.5. The molecule has 0 spiro atoms. The van der Waals surface area contributed by atoms with Gasteiger partial charge in [0.1, 0.15) is 5.82 Å². The molecule has 0 saturated carbocycles. The van der Waals surface area contributed by atoms with Crippen LogP contribution >= 0.6 is 23.7 Å². The van der Waals surface area contributed by atoms with Gasteiger partial charge in [0.2, 0.25) is 0 Å². The highest BCUT2D eigenvalue weighted by Crippen LogP contribution is 2.35. The van der Waals surface area contributed by atoms with Crippen molar-refractivity contribution in [2.24, 2.45) is 0 Å². The maximum atomic E-state index is 13.7. The number of rotatable bonds is 8. The van der Waals surface area contributed by atoms with Gasteiger partial charge in [-0.05, 0) is 36.8 Å². The van der Waals surface area contributed by atoms with Crippen molar-refractivity contribution in [1.29, 1.82) is 0 Å². The number of hydrogen-bond donors (Lipinski definition) is 0. The van der Waals surface area contributed by atoms with Crippen LogP contribution in [0.3, 0.4) is 0 Å². The van der Waals surface area contributed by atoms with Crippen LogP contribution in [0.5, 0.6) is 11.5 Å². The molecule has 2 aromatic carbocycles. The smallest absolute Gasteiger partial charge is 0.263 e. The Bertz CT molecular complexity index is 1200. The van der Waals surface area contributed by atoms with Crippen LogP contribution in [-0.2, 0) is 6.54 Å². The average Bonchev–Trinajstić information content (AvgIpc) is 3.45. The van der Waals surface area contributed by atoms with Gasteiger partial charge in [-0.3, -0.25) is 9.69 Å². The number of benzene rings is 2. The molecule has 168 valence electrons. The predicted octanol–water partition coefficient (Wildman–Crippen LogP) is 4.81. The molecule has 0 aliphatic rings. The van der Waals surface area contributed by atoms with E-state index in [4.69, 9.17) is 9.47 Å². The molecule has 0 radical (unpaired) electrons. The number of aryl methyl sites for hydroxylation is 1. The van der Waals surface area contributed by atoms with Gasteiger partial charge < -0.3 is 14.0 Å². The summed E-state index contributed by atoms with van der Waals surface area (Å²) in [5.41, 5.74) is 1.02. The van der Waals surface area contributed by atoms with Crippen molar-refractivity contribution in [1.82, 2.24) is 14.5 Å². The largest absolute Gasteiger partial charge is 0.493 e. The minimum Gasteiger partial charge on any atom is -0.493 e. The number of hydrogen-bond acceptors (Lipinski definition) is 6. The Morgan fingerprint density at radius 2 is 2.06 bits per heavy atom. The van der Waals surface area contributed by atoms with Crippen LogP contribution in [0.15, 0.2) is 55.1 Å². The summed E-state index contributed by atoms with van der Waals surface area (Å²) in [6, 6.07) is 9.58. The molecule has 0 saturated heterocycles. The molecule has 0 unspecified atom stereocenters. The third-order valence-electron chi connectivity index (χ3n) is 4.81. The summed E-state index contributed by atoms with van der Waals surface area (Å²) >= 11 is 1.28. The lowest BCUT2D eigenvalue weighted by Gasteiger charge is -2.22. The molecular formula is C22H22ClFN4O3S. The fraction of sp³-hybridized carbons (Fsp3) is 0.227. The molecule has 0 fully saturated rings. The van der Waals surface area contributed by atoms with Crippen LogP contribution in [0.25, 0.3) is 10.2 Å². The fourth-order valence-corrected chi connectivity index (χ4v) is 4.33. The predicted molar refractivity (Wildman–Crippen MR) is 125 cm³/mol. The van der Waals surface area contributed by atoms with Gasteiger partial charge in [0, 0.05) is 25.5 Å². The van der Waals surface area contributed by atoms with E-state index in [1.807, 2.05) is 10.8 Å². The first-order chi connectivity index (χ1) is 15.1. The Hall–Kier alpha value is -3.17. The third kappa shape index (κ3) is 4.84. The minimum absolute atomic E-state index is 0. The number of fused-ring (bicyclic) bond motifs is 1. The van der Waals surface area contributed by atoms with Crippen molar-refractivity contribution >= 4 is 45.0 Å². The first-order valence-electron chi connectivity index (χ1n) is 9.65. The number of carbonyl (C=O) groups excluding carboxylic acids is 1. The van der Waals surface area contributed by atoms with Crippen molar-refractivity contribution in [2.45, 2.75) is 13.0 Å². The number of anilines is 1. The van der Waals surface area contributed by atoms with Gasteiger partial charge >= 0.3 is 0 Å². The van der Waals surface area contributed by atoms with E-state index >= 15 is 0 Å². The highest BCUT2D eigenvalue weighted by molar-refractivity contribution is 7.22. The Labute approximate surface area is 194 Å². The van der Waals surface area contributed by atoms with E-state index in [2.05, 4.69) is 9.97 Å². The minimum atomic E-state index is -0.338. The topological polar surface area (TPSA) is 69.5 Å². The van der Waals surface area contributed by atoms with Crippen LogP contribution in [0.1, 0.15) is 16.8 Å². The number of imidazole rings is 1. The van der Waals surface area contributed by atoms with Crippen LogP contribution < -0.4 is 14.4 Å². The zero-order chi connectivity index (χ0) is 21.8. The molecule has 0 aliphatic heterocycles. The van der Waals surface area contributed by atoms with E-state index in [0.29, 0.717) is 51.9 Å². The van der Waals surface area contributed by atoms with Crippen LogP contribution in [0.4, 0.5) is 9.52 Å². The Morgan fingerprint density at radius 1 is 1.22 bits per heavy atom. The summed E-state index contributed by atoms with van der Waals surface area (Å²) in [5.74, 6) is 0.232. The first kappa shape index (κ1) is 23.5. The van der Waals surface area contributed by atoms with Gasteiger partial charge in [-0.2, -0.15) is 0 Å². The molecule has 2 heterocycles. The van der Waals surface area contributed by atoms with Gasteiger partial charge in [0.15, 0.2) is 16.6 Å². The second-order valence-corrected chi connectivity index (χ2v) is 7.77. The molecular weight excluding hydrogens is 455 g/mol. The standard InChI is InChI=1S/C22H21FN4O3S.ClH/c1-29-18-6-3-5-16(20(18)30-2)21(28)27(11-4-10-26-12-9-24-14-26)22-25-17-8-7-15(23)13-19(17)31-22;/h3,5-9,12-14H,4,10-11H2,1-2H3;1H. The normalized spacial score (nSPS) is 10.6. The zero-order valence-corrected chi connectivity index (χ0v) is 19.2. The summed E-state index contributed by atoms with van der Waals surface area (Å²) in [5, 5.41) is 0.501. The SMILES string of the molecule is COc1cccc(C(=O)N(CCCn2ccnc2)c2nc3ccc(F)cc3s2)c1OC.Cl. The number of para-hydroxylation sites is 1. The summed E-state index contributed by atoms with van der Waals surface area (Å²) < 4.78 is 27.1. The van der Waals surface area contributed by atoms with Crippen molar-refractivity contribution < 1.29 is 18.7 Å². The van der Waals surface area contributed by atoms with E-state index < -0.39 is 0 Å². The number of methoxy groups -OCH3 is 2.